The summed E-state index contributed by atoms with van der Waals surface area (Å²) in [6.07, 6.45) is -3.08. The van der Waals surface area contributed by atoms with Crippen molar-refractivity contribution in [1.82, 2.24) is 10.2 Å². The summed E-state index contributed by atoms with van der Waals surface area (Å²) in [5, 5.41) is 2.90. The van der Waals surface area contributed by atoms with Crippen LogP contribution in [0.25, 0.3) is 0 Å². The van der Waals surface area contributed by atoms with Crippen molar-refractivity contribution in [3.63, 3.8) is 0 Å². The highest BCUT2D eigenvalue weighted by atomic mass is 19.4. The first-order valence-corrected chi connectivity index (χ1v) is 10.2. The van der Waals surface area contributed by atoms with Gasteiger partial charge in [-0.15, -0.1) is 0 Å². The van der Waals surface area contributed by atoms with E-state index in [9.17, 15) is 18.0 Å². The van der Waals surface area contributed by atoms with E-state index in [0.29, 0.717) is 19.4 Å². The number of nitrogens with zero attached hydrogens (tertiary/aromatic N) is 2. The van der Waals surface area contributed by atoms with Crippen LogP contribution in [0.4, 0.5) is 18.9 Å². The molecule has 1 amide bonds. The van der Waals surface area contributed by atoms with E-state index in [0.717, 1.165) is 26.2 Å². The fraction of sp³-hybridized carbons (Fsp3) is 0.667. The quantitative estimate of drug-likeness (QED) is 0.823. The standard InChI is InChI=1S/C21H30F3N3O/c1-16(26-10-12-27(13-11-26)19-8-3-2-4-9-19)15-25-20(28)17-6-5-7-18(14-17)21(22,23)24/h2-4,8-9,16-18H,5-7,10-15H2,1H3,(H,25,28). The van der Waals surface area contributed by atoms with Gasteiger partial charge in [0.2, 0.25) is 5.91 Å². The highest BCUT2D eigenvalue weighted by Crippen LogP contribution is 2.39. The topological polar surface area (TPSA) is 35.6 Å². The van der Waals surface area contributed by atoms with E-state index in [4.69, 9.17) is 0 Å². The van der Waals surface area contributed by atoms with Gasteiger partial charge in [-0.2, -0.15) is 13.2 Å². The van der Waals surface area contributed by atoms with E-state index in [-0.39, 0.29) is 24.8 Å². The smallest absolute Gasteiger partial charge is 0.369 e. The predicted octanol–water partition coefficient (Wildman–Crippen LogP) is 3.68. The van der Waals surface area contributed by atoms with Gasteiger partial charge in [-0.3, -0.25) is 9.69 Å². The van der Waals surface area contributed by atoms with Crippen molar-refractivity contribution in [3.8, 4) is 0 Å². The van der Waals surface area contributed by atoms with Crippen molar-refractivity contribution in [1.29, 1.82) is 0 Å². The number of hydrogen-bond donors (Lipinski definition) is 1. The normalized spacial score (nSPS) is 25.4. The predicted molar refractivity (Wildman–Crippen MR) is 104 cm³/mol. The molecule has 1 saturated carbocycles. The van der Waals surface area contributed by atoms with Crippen molar-refractivity contribution >= 4 is 11.6 Å². The first-order valence-electron chi connectivity index (χ1n) is 10.2. The van der Waals surface area contributed by atoms with Crippen LogP contribution in [-0.2, 0) is 4.79 Å². The lowest BCUT2D eigenvalue weighted by molar-refractivity contribution is -0.186. The maximum atomic E-state index is 12.9. The highest BCUT2D eigenvalue weighted by Gasteiger charge is 2.43. The first-order chi connectivity index (χ1) is 13.3. The van der Waals surface area contributed by atoms with Crippen LogP contribution in [-0.4, -0.2) is 55.7 Å². The van der Waals surface area contributed by atoms with Crippen molar-refractivity contribution in [2.45, 2.75) is 44.8 Å². The van der Waals surface area contributed by atoms with E-state index in [1.165, 1.54) is 5.69 Å². The molecular formula is C21H30F3N3O. The zero-order valence-corrected chi connectivity index (χ0v) is 16.4. The van der Waals surface area contributed by atoms with Crippen LogP contribution < -0.4 is 10.2 Å². The number of nitrogens with one attached hydrogen (secondary N) is 1. The van der Waals surface area contributed by atoms with E-state index in [2.05, 4.69) is 34.2 Å². The molecule has 3 unspecified atom stereocenters. The van der Waals surface area contributed by atoms with Crippen molar-refractivity contribution in [2.75, 3.05) is 37.6 Å². The second-order valence-corrected chi connectivity index (χ2v) is 8.05. The number of amides is 1. The molecule has 0 bridgehead atoms. The molecule has 1 aromatic rings. The van der Waals surface area contributed by atoms with Gasteiger partial charge in [-0.1, -0.05) is 24.6 Å². The van der Waals surface area contributed by atoms with Gasteiger partial charge in [-0.25, -0.2) is 0 Å². The SMILES string of the molecule is CC(CNC(=O)C1CCCC(C(F)(F)F)C1)N1CCN(c2ccccc2)CC1. The third-order valence-electron chi connectivity index (χ3n) is 6.14. The molecule has 3 rings (SSSR count). The Labute approximate surface area is 165 Å². The Morgan fingerprint density at radius 2 is 1.82 bits per heavy atom. The number of carbonyl (C=O) groups excluding carboxylic acids is 1. The molecule has 1 N–H and O–H groups in total. The van der Waals surface area contributed by atoms with Crippen molar-refractivity contribution in [2.24, 2.45) is 11.8 Å². The number of anilines is 1. The molecule has 1 heterocycles. The van der Waals surface area contributed by atoms with Crippen LogP contribution in [0.15, 0.2) is 30.3 Å². The van der Waals surface area contributed by atoms with Gasteiger partial charge in [0, 0.05) is 50.4 Å². The largest absolute Gasteiger partial charge is 0.391 e. The summed E-state index contributed by atoms with van der Waals surface area (Å²) in [7, 11) is 0. The molecule has 3 atom stereocenters. The second kappa shape index (κ2) is 9.16. The lowest BCUT2D eigenvalue weighted by Crippen LogP contribution is -2.52. The maximum Gasteiger partial charge on any atom is 0.391 e. The molecule has 0 radical (unpaired) electrons. The van der Waals surface area contributed by atoms with E-state index >= 15 is 0 Å². The Morgan fingerprint density at radius 3 is 2.46 bits per heavy atom. The number of alkyl halides is 3. The second-order valence-electron chi connectivity index (χ2n) is 8.05. The summed E-state index contributed by atoms with van der Waals surface area (Å²) in [5.74, 6) is -2.06. The molecule has 4 nitrogen and oxygen atoms in total. The summed E-state index contributed by atoms with van der Waals surface area (Å²) < 4.78 is 38.8. The molecule has 28 heavy (non-hydrogen) atoms. The minimum atomic E-state index is -4.19. The molecule has 1 aromatic carbocycles. The van der Waals surface area contributed by atoms with Gasteiger partial charge >= 0.3 is 6.18 Å². The summed E-state index contributed by atoms with van der Waals surface area (Å²) in [4.78, 5) is 17.1. The Kier molecular flexibility index (Phi) is 6.86. The number of carbonyl (C=O) groups is 1. The fourth-order valence-corrected chi connectivity index (χ4v) is 4.31. The Morgan fingerprint density at radius 1 is 1.14 bits per heavy atom. The zero-order valence-electron chi connectivity index (χ0n) is 16.4. The molecule has 7 heteroatoms. The van der Waals surface area contributed by atoms with Crippen LogP contribution in [0.5, 0.6) is 0 Å². The van der Waals surface area contributed by atoms with Crippen molar-refractivity contribution in [3.05, 3.63) is 30.3 Å². The number of hydrogen-bond acceptors (Lipinski definition) is 3. The third-order valence-corrected chi connectivity index (χ3v) is 6.14. The van der Waals surface area contributed by atoms with Crippen LogP contribution >= 0.6 is 0 Å². The minimum absolute atomic E-state index is 0.0700. The maximum absolute atomic E-state index is 12.9. The molecule has 156 valence electrons. The highest BCUT2D eigenvalue weighted by molar-refractivity contribution is 5.78. The summed E-state index contributed by atoms with van der Waals surface area (Å²) in [6, 6.07) is 10.5. The van der Waals surface area contributed by atoms with Crippen LogP contribution in [0, 0.1) is 11.8 Å². The van der Waals surface area contributed by atoms with E-state index in [1.54, 1.807) is 0 Å². The average Bonchev–Trinajstić information content (AvgIpc) is 2.72. The molecule has 2 fully saturated rings. The zero-order chi connectivity index (χ0) is 20.1. The van der Waals surface area contributed by atoms with Gasteiger partial charge < -0.3 is 10.2 Å². The Bertz CT molecular complexity index is 630. The molecule has 0 aromatic heterocycles. The summed E-state index contributed by atoms with van der Waals surface area (Å²) in [6.45, 7) is 6.22. The van der Waals surface area contributed by atoms with Crippen molar-refractivity contribution < 1.29 is 18.0 Å². The van der Waals surface area contributed by atoms with Gasteiger partial charge in [0.05, 0.1) is 5.92 Å². The monoisotopic (exact) mass is 397 g/mol. The molecule has 2 aliphatic rings. The number of halogens is 3. The summed E-state index contributed by atoms with van der Waals surface area (Å²) >= 11 is 0. The summed E-state index contributed by atoms with van der Waals surface area (Å²) in [5.41, 5.74) is 1.22. The molecule has 0 spiro atoms. The Hall–Kier alpha value is -1.76. The third kappa shape index (κ3) is 5.40. The van der Waals surface area contributed by atoms with Crippen LogP contribution in [0.3, 0.4) is 0 Å². The number of para-hydroxylation sites is 1. The molecule has 1 saturated heterocycles. The Balaban J connectivity index is 1.42. The van der Waals surface area contributed by atoms with Gasteiger partial charge in [0.1, 0.15) is 0 Å². The van der Waals surface area contributed by atoms with Gasteiger partial charge in [-0.05, 0) is 38.3 Å². The van der Waals surface area contributed by atoms with Gasteiger partial charge in [0.15, 0.2) is 0 Å². The van der Waals surface area contributed by atoms with Crippen LogP contribution in [0.2, 0.25) is 0 Å². The lowest BCUT2D eigenvalue weighted by Gasteiger charge is -2.39. The van der Waals surface area contributed by atoms with E-state index < -0.39 is 18.0 Å². The fourth-order valence-electron chi connectivity index (χ4n) is 4.31. The van der Waals surface area contributed by atoms with Crippen LogP contribution in [0.1, 0.15) is 32.6 Å². The molecule has 1 aliphatic heterocycles. The number of benzene rings is 1. The van der Waals surface area contributed by atoms with Gasteiger partial charge in [0.25, 0.3) is 0 Å². The number of rotatable bonds is 5. The molecular weight excluding hydrogens is 367 g/mol. The minimum Gasteiger partial charge on any atom is -0.369 e. The lowest BCUT2D eigenvalue weighted by atomic mass is 9.80. The van der Waals surface area contributed by atoms with E-state index in [1.807, 2.05) is 18.2 Å². The molecule has 1 aliphatic carbocycles. The average molecular weight is 397 g/mol. The number of piperazine rings is 1. The first kappa shape index (κ1) is 21.0.